The molecule has 2 aliphatic rings. The number of benzene rings is 1. The summed E-state index contributed by atoms with van der Waals surface area (Å²) in [5.74, 6) is -0.705. The molecule has 1 N–H and O–H groups in total. The zero-order chi connectivity index (χ0) is 20.8. The lowest BCUT2D eigenvalue weighted by Gasteiger charge is -2.32. The van der Waals surface area contributed by atoms with Gasteiger partial charge in [-0.2, -0.15) is 0 Å². The summed E-state index contributed by atoms with van der Waals surface area (Å²) in [6.45, 7) is 1.27. The van der Waals surface area contributed by atoms with Gasteiger partial charge in [-0.25, -0.2) is 4.98 Å². The first-order valence-electron chi connectivity index (χ1n) is 10.3. The number of aromatic nitrogens is 2. The molecule has 3 heterocycles. The normalized spacial score (nSPS) is 23.5. The van der Waals surface area contributed by atoms with Crippen LogP contribution in [-0.4, -0.2) is 44.4 Å². The van der Waals surface area contributed by atoms with Crippen molar-refractivity contribution >= 4 is 29.0 Å². The Morgan fingerprint density at radius 2 is 1.90 bits per heavy atom. The van der Waals surface area contributed by atoms with Gasteiger partial charge < -0.3 is 14.4 Å². The number of aliphatic carboxylic acids is 1. The van der Waals surface area contributed by atoms with Gasteiger partial charge in [0.2, 0.25) is 5.91 Å². The summed E-state index contributed by atoms with van der Waals surface area (Å²) >= 11 is 6.05. The molecule has 1 aliphatic carbocycles. The van der Waals surface area contributed by atoms with Crippen LogP contribution in [0, 0.1) is 11.8 Å². The highest BCUT2D eigenvalue weighted by Crippen LogP contribution is 2.41. The van der Waals surface area contributed by atoms with Crippen LogP contribution in [0.5, 0.6) is 0 Å². The number of hydrogen-bond donors (Lipinski definition) is 1. The number of pyridine rings is 1. The first-order chi connectivity index (χ1) is 14.5. The third-order valence-corrected chi connectivity index (χ3v) is 6.47. The van der Waals surface area contributed by atoms with Gasteiger partial charge in [0.05, 0.1) is 23.0 Å². The molecule has 1 saturated carbocycles. The van der Waals surface area contributed by atoms with Gasteiger partial charge in [0.1, 0.15) is 5.82 Å². The highest BCUT2D eigenvalue weighted by Gasteiger charge is 2.50. The summed E-state index contributed by atoms with van der Waals surface area (Å²) in [6.07, 6.45) is 4.31. The number of carbonyl (C=O) groups excluding carboxylic acids is 1. The third-order valence-electron chi connectivity index (χ3n) is 6.22. The third kappa shape index (κ3) is 3.35. The van der Waals surface area contributed by atoms with E-state index in [1.54, 1.807) is 0 Å². The van der Waals surface area contributed by atoms with Crippen molar-refractivity contribution in [2.75, 3.05) is 13.1 Å². The van der Waals surface area contributed by atoms with E-state index in [0.29, 0.717) is 24.5 Å². The maximum Gasteiger partial charge on any atom is 0.307 e. The van der Waals surface area contributed by atoms with Gasteiger partial charge >= 0.3 is 5.97 Å². The van der Waals surface area contributed by atoms with Crippen molar-refractivity contribution in [3.05, 3.63) is 59.5 Å². The quantitative estimate of drug-likeness (QED) is 0.686. The van der Waals surface area contributed by atoms with E-state index in [-0.39, 0.29) is 17.7 Å². The molecule has 30 heavy (non-hydrogen) atoms. The van der Waals surface area contributed by atoms with Gasteiger partial charge in [0.15, 0.2) is 0 Å². The molecule has 2 fully saturated rings. The first-order valence-corrected chi connectivity index (χ1v) is 10.6. The minimum Gasteiger partial charge on any atom is -0.481 e. The van der Waals surface area contributed by atoms with Gasteiger partial charge in [-0.3, -0.25) is 9.59 Å². The fraction of sp³-hybridized carbons (Fsp3) is 0.348. The van der Waals surface area contributed by atoms with E-state index >= 15 is 0 Å². The monoisotopic (exact) mass is 423 g/mol. The molecule has 154 valence electrons. The van der Waals surface area contributed by atoms with Gasteiger partial charge in [-0.05, 0) is 43.5 Å². The Labute approximate surface area is 179 Å². The molecule has 1 saturated heterocycles. The SMILES string of the molecule is O=C(O)C1CC1C(=O)N1CCCC(c2nc(-c3ccc(Cl)cc3)c3ccccn23)C1. The Bertz CT molecular complexity index is 1120. The summed E-state index contributed by atoms with van der Waals surface area (Å²) in [5, 5.41) is 9.84. The smallest absolute Gasteiger partial charge is 0.307 e. The number of piperidine rings is 1. The second-order valence-corrected chi connectivity index (χ2v) is 8.63. The van der Waals surface area contributed by atoms with E-state index < -0.39 is 11.9 Å². The number of carboxylic acid groups (broad SMARTS) is 1. The Kier molecular flexibility index (Phi) is 4.74. The summed E-state index contributed by atoms with van der Waals surface area (Å²) in [7, 11) is 0. The van der Waals surface area contributed by atoms with Crippen molar-refractivity contribution in [1.82, 2.24) is 14.3 Å². The van der Waals surface area contributed by atoms with Gasteiger partial charge in [0, 0.05) is 35.8 Å². The van der Waals surface area contributed by atoms with Crippen LogP contribution in [0.1, 0.15) is 31.0 Å². The number of likely N-dealkylation sites (tertiary alicyclic amines) is 1. The number of amides is 1. The van der Waals surface area contributed by atoms with Crippen LogP contribution in [0.15, 0.2) is 48.7 Å². The van der Waals surface area contributed by atoms with Crippen molar-refractivity contribution in [3.8, 4) is 11.3 Å². The summed E-state index contributed by atoms with van der Waals surface area (Å²) < 4.78 is 2.11. The van der Waals surface area contributed by atoms with Crippen molar-refractivity contribution < 1.29 is 14.7 Å². The number of halogens is 1. The average Bonchev–Trinajstić information content (AvgIpc) is 3.48. The predicted molar refractivity (Wildman–Crippen MR) is 113 cm³/mol. The second-order valence-electron chi connectivity index (χ2n) is 8.19. The molecule has 1 amide bonds. The molecular formula is C23H22ClN3O3. The molecule has 6 nitrogen and oxygen atoms in total. The van der Waals surface area contributed by atoms with Crippen LogP contribution >= 0.6 is 11.6 Å². The molecule has 3 unspecified atom stereocenters. The summed E-state index contributed by atoms with van der Waals surface area (Å²) in [6, 6.07) is 13.7. The van der Waals surface area contributed by atoms with E-state index in [1.165, 1.54) is 0 Å². The number of rotatable bonds is 4. The standard InChI is InChI=1S/C23H22ClN3O3/c24-16-8-6-14(7-9-16)20-19-5-1-2-11-27(19)21(25-20)15-4-3-10-26(13-15)22(28)17-12-18(17)23(29)30/h1-2,5-9,11,15,17-18H,3-4,10,12-13H2,(H,29,30). The van der Waals surface area contributed by atoms with Crippen LogP contribution in [0.3, 0.4) is 0 Å². The molecule has 5 rings (SSSR count). The Morgan fingerprint density at radius 1 is 1.10 bits per heavy atom. The number of nitrogens with zero attached hydrogens (tertiary/aromatic N) is 3. The van der Waals surface area contributed by atoms with Crippen molar-refractivity contribution in [2.24, 2.45) is 11.8 Å². The van der Waals surface area contributed by atoms with E-state index in [0.717, 1.165) is 35.4 Å². The number of carbonyl (C=O) groups is 2. The van der Waals surface area contributed by atoms with Gasteiger partial charge in [0.25, 0.3) is 0 Å². The summed E-state index contributed by atoms with van der Waals surface area (Å²) in [4.78, 5) is 30.8. The Morgan fingerprint density at radius 3 is 2.63 bits per heavy atom. The lowest BCUT2D eigenvalue weighted by molar-refractivity contribution is -0.142. The molecule has 3 atom stereocenters. The number of imidazole rings is 1. The molecule has 1 aliphatic heterocycles. The first kappa shape index (κ1) is 19.1. The van der Waals surface area contributed by atoms with Crippen LogP contribution in [0.2, 0.25) is 5.02 Å². The van der Waals surface area contributed by atoms with E-state index in [4.69, 9.17) is 21.7 Å². The molecular weight excluding hydrogens is 402 g/mol. The zero-order valence-electron chi connectivity index (χ0n) is 16.4. The highest BCUT2D eigenvalue weighted by molar-refractivity contribution is 6.30. The molecule has 0 bridgehead atoms. The number of fused-ring (bicyclic) bond motifs is 1. The fourth-order valence-electron chi connectivity index (χ4n) is 4.53. The lowest BCUT2D eigenvalue weighted by Crippen LogP contribution is -2.40. The van der Waals surface area contributed by atoms with E-state index in [1.807, 2.05) is 53.6 Å². The molecule has 2 aromatic heterocycles. The number of hydrogen-bond acceptors (Lipinski definition) is 3. The average molecular weight is 424 g/mol. The highest BCUT2D eigenvalue weighted by atomic mass is 35.5. The Balaban J connectivity index is 1.45. The van der Waals surface area contributed by atoms with Crippen LogP contribution in [-0.2, 0) is 9.59 Å². The van der Waals surface area contributed by atoms with Gasteiger partial charge in [-0.15, -0.1) is 0 Å². The topological polar surface area (TPSA) is 74.9 Å². The molecule has 7 heteroatoms. The maximum atomic E-state index is 12.8. The van der Waals surface area contributed by atoms with Crippen molar-refractivity contribution in [2.45, 2.75) is 25.2 Å². The molecule has 0 radical (unpaired) electrons. The Hall–Kier alpha value is -2.86. The minimum absolute atomic E-state index is 0.0223. The van der Waals surface area contributed by atoms with Crippen LogP contribution in [0.25, 0.3) is 16.8 Å². The van der Waals surface area contributed by atoms with E-state index in [9.17, 15) is 9.59 Å². The van der Waals surface area contributed by atoms with Crippen LogP contribution in [0.4, 0.5) is 0 Å². The number of carboxylic acids is 1. The summed E-state index contributed by atoms with van der Waals surface area (Å²) in [5.41, 5.74) is 2.92. The molecule has 0 spiro atoms. The molecule has 1 aromatic carbocycles. The second kappa shape index (κ2) is 7.43. The zero-order valence-corrected chi connectivity index (χ0v) is 17.1. The van der Waals surface area contributed by atoms with Crippen molar-refractivity contribution in [3.63, 3.8) is 0 Å². The van der Waals surface area contributed by atoms with E-state index in [2.05, 4.69) is 4.40 Å². The largest absolute Gasteiger partial charge is 0.481 e. The fourth-order valence-corrected chi connectivity index (χ4v) is 4.66. The van der Waals surface area contributed by atoms with Crippen LogP contribution < -0.4 is 0 Å². The minimum atomic E-state index is -0.867. The van der Waals surface area contributed by atoms with Crippen molar-refractivity contribution in [1.29, 1.82) is 0 Å². The predicted octanol–water partition coefficient (Wildman–Crippen LogP) is 4.08. The van der Waals surface area contributed by atoms with Gasteiger partial charge in [-0.1, -0.05) is 29.8 Å². The lowest BCUT2D eigenvalue weighted by atomic mass is 9.96. The maximum absolute atomic E-state index is 12.8. The molecule has 3 aromatic rings.